The third kappa shape index (κ3) is 5.49. The van der Waals surface area contributed by atoms with Crippen molar-refractivity contribution in [2.75, 3.05) is 20.1 Å². The van der Waals surface area contributed by atoms with E-state index in [0.29, 0.717) is 12.1 Å². The van der Waals surface area contributed by atoms with Crippen molar-refractivity contribution < 1.29 is 21.6 Å². The molecular formula is C13H19Cl2F3N2O2S. The fourth-order valence-electron chi connectivity index (χ4n) is 1.81. The zero-order chi connectivity index (χ0) is 17.3. The predicted molar refractivity (Wildman–Crippen MR) is 86.4 cm³/mol. The number of halogens is 5. The molecule has 0 heterocycles. The molecule has 0 fully saturated rings. The van der Waals surface area contributed by atoms with E-state index in [2.05, 4.69) is 0 Å². The van der Waals surface area contributed by atoms with Gasteiger partial charge in [0.15, 0.2) is 0 Å². The first-order valence-electron chi connectivity index (χ1n) is 6.34. The Hall–Kier alpha value is -0.540. The molecule has 1 aromatic rings. The summed E-state index contributed by atoms with van der Waals surface area (Å²) >= 11 is 5.74. The molecule has 0 radical (unpaired) electrons. The minimum atomic E-state index is -4.58. The van der Waals surface area contributed by atoms with Crippen LogP contribution in [-0.2, 0) is 16.2 Å². The summed E-state index contributed by atoms with van der Waals surface area (Å²) < 4.78 is 63.7. The quantitative estimate of drug-likeness (QED) is 0.832. The molecule has 0 saturated heterocycles. The van der Waals surface area contributed by atoms with E-state index < -0.39 is 32.2 Å². The molecule has 0 aliphatic heterocycles. The normalized spacial score (nSPS) is 13.1. The first kappa shape index (κ1) is 22.5. The smallest absolute Gasteiger partial charge is 0.330 e. The van der Waals surface area contributed by atoms with Crippen LogP contribution in [0.4, 0.5) is 13.2 Å². The maximum absolute atomic E-state index is 12.6. The van der Waals surface area contributed by atoms with Gasteiger partial charge in [-0.05, 0) is 30.2 Å². The summed E-state index contributed by atoms with van der Waals surface area (Å²) in [6, 6.07) is 2.17. The van der Waals surface area contributed by atoms with Gasteiger partial charge in [-0.2, -0.15) is 13.2 Å². The molecule has 0 amide bonds. The molecule has 1 aromatic carbocycles. The van der Waals surface area contributed by atoms with Gasteiger partial charge in [-0.1, -0.05) is 25.4 Å². The van der Waals surface area contributed by atoms with Crippen LogP contribution in [0.5, 0.6) is 0 Å². The lowest BCUT2D eigenvalue weighted by atomic mass is 9.94. The van der Waals surface area contributed by atoms with E-state index in [9.17, 15) is 21.6 Å². The van der Waals surface area contributed by atoms with Gasteiger partial charge in [-0.15, -0.1) is 12.4 Å². The average Bonchev–Trinajstić information content (AvgIpc) is 2.36. The highest BCUT2D eigenvalue weighted by Crippen LogP contribution is 2.34. The number of hydrogen-bond donors (Lipinski definition) is 1. The summed E-state index contributed by atoms with van der Waals surface area (Å²) in [4.78, 5) is -0.363. The molecule has 23 heavy (non-hydrogen) atoms. The van der Waals surface area contributed by atoms with E-state index in [-0.39, 0.29) is 30.4 Å². The number of nitrogens with two attached hydrogens (primary N) is 1. The van der Waals surface area contributed by atoms with E-state index in [1.807, 2.05) is 0 Å². The second kappa shape index (κ2) is 7.57. The molecule has 0 bridgehead atoms. The third-order valence-electron chi connectivity index (χ3n) is 3.15. The van der Waals surface area contributed by atoms with Gasteiger partial charge in [0.2, 0.25) is 10.0 Å². The molecule has 4 nitrogen and oxygen atoms in total. The highest BCUT2D eigenvalue weighted by atomic mass is 35.5. The van der Waals surface area contributed by atoms with Gasteiger partial charge in [0.1, 0.15) is 4.90 Å². The maximum Gasteiger partial charge on any atom is 0.416 e. The number of hydrogen-bond acceptors (Lipinski definition) is 3. The van der Waals surface area contributed by atoms with Crippen molar-refractivity contribution in [2.45, 2.75) is 24.9 Å². The zero-order valence-electron chi connectivity index (χ0n) is 12.8. The van der Waals surface area contributed by atoms with Crippen LogP contribution < -0.4 is 5.73 Å². The second-order valence-corrected chi connectivity index (χ2v) is 8.19. The summed E-state index contributed by atoms with van der Waals surface area (Å²) in [6.07, 6.45) is -4.58. The molecule has 0 aliphatic carbocycles. The predicted octanol–water partition coefficient (Wildman–Crippen LogP) is 3.39. The van der Waals surface area contributed by atoms with Gasteiger partial charge >= 0.3 is 6.18 Å². The van der Waals surface area contributed by atoms with Gasteiger partial charge in [0.05, 0.1) is 10.6 Å². The molecule has 2 N–H and O–H groups in total. The number of rotatable bonds is 5. The van der Waals surface area contributed by atoms with Crippen LogP contribution in [0.2, 0.25) is 5.02 Å². The number of alkyl halides is 3. The SMILES string of the molecule is CN(CC(C)(C)CN)S(=O)(=O)c1ccc(C(F)(F)F)cc1Cl.Cl. The van der Waals surface area contributed by atoms with Gasteiger partial charge in [0, 0.05) is 13.6 Å². The zero-order valence-corrected chi connectivity index (χ0v) is 15.2. The number of sulfonamides is 1. The molecule has 10 heteroatoms. The van der Waals surface area contributed by atoms with Crippen molar-refractivity contribution in [3.8, 4) is 0 Å². The van der Waals surface area contributed by atoms with Crippen LogP contribution in [0.15, 0.2) is 23.1 Å². The average molecular weight is 395 g/mol. The number of nitrogens with zero attached hydrogens (tertiary/aromatic N) is 1. The van der Waals surface area contributed by atoms with E-state index in [1.54, 1.807) is 13.8 Å². The summed E-state index contributed by atoms with van der Waals surface area (Å²) in [5, 5.41) is -0.466. The van der Waals surface area contributed by atoms with Crippen molar-refractivity contribution in [1.82, 2.24) is 4.31 Å². The number of benzene rings is 1. The molecule has 0 aromatic heterocycles. The molecule has 0 atom stereocenters. The maximum atomic E-state index is 12.6. The lowest BCUT2D eigenvalue weighted by Crippen LogP contribution is -2.39. The van der Waals surface area contributed by atoms with Crippen molar-refractivity contribution in [3.05, 3.63) is 28.8 Å². The lowest BCUT2D eigenvalue weighted by molar-refractivity contribution is -0.137. The molecule has 0 aliphatic rings. The fourth-order valence-corrected chi connectivity index (χ4v) is 3.68. The molecule has 0 saturated carbocycles. The fraction of sp³-hybridized carbons (Fsp3) is 0.538. The molecule has 1 rings (SSSR count). The van der Waals surface area contributed by atoms with E-state index in [1.165, 1.54) is 7.05 Å². The Bertz CT molecular complexity index is 649. The Labute approximate surface area is 145 Å². The van der Waals surface area contributed by atoms with Crippen molar-refractivity contribution >= 4 is 34.0 Å². The summed E-state index contributed by atoms with van der Waals surface area (Å²) in [6.45, 7) is 3.94. The summed E-state index contributed by atoms with van der Waals surface area (Å²) in [5.41, 5.74) is 4.09. The molecule has 0 spiro atoms. The van der Waals surface area contributed by atoms with Gasteiger partial charge < -0.3 is 5.73 Å². The van der Waals surface area contributed by atoms with Crippen LogP contribution in [-0.4, -0.2) is 32.9 Å². The summed E-state index contributed by atoms with van der Waals surface area (Å²) in [5.74, 6) is 0. The first-order chi connectivity index (χ1) is 9.81. The Morgan fingerprint density at radius 1 is 1.26 bits per heavy atom. The van der Waals surface area contributed by atoms with Crippen molar-refractivity contribution in [1.29, 1.82) is 0 Å². The third-order valence-corrected chi connectivity index (χ3v) is 5.44. The molecule has 0 unspecified atom stereocenters. The van der Waals surface area contributed by atoms with E-state index >= 15 is 0 Å². The minimum Gasteiger partial charge on any atom is -0.330 e. The van der Waals surface area contributed by atoms with Crippen LogP contribution >= 0.6 is 24.0 Å². The largest absolute Gasteiger partial charge is 0.416 e. The van der Waals surface area contributed by atoms with Crippen LogP contribution in [0, 0.1) is 5.41 Å². The lowest BCUT2D eigenvalue weighted by Gasteiger charge is -2.28. The van der Waals surface area contributed by atoms with Gasteiger partial charge in [-0.3, -0.25) is 0 Å². The topological polar surface area (TPSA) is 63.4 Å². The van der Waals surface area contributed by atoms with Gasteiger partial charge in [-0.25, -0.2) is 12.7 Å². The van der Waals surface area contributed by atoms with Crippen LogP contribution in [0.25, 0.3) is 0 Å². The Kier molecular flexibility index (Phi) is 7.39. The monoisotopic (exact) mass is 394 g/mol. The first-order valence-corrected chi connectivity index (χ1v) is 8.16. The Balaban J connectivity index is 0.00000484. The summed E-state index contributed by atoms with van der Waals surface area (Å²) in [7, 11) is -2.66. The van der Waals surface area contributed by atoms with Crippen LogP contribution in [0.1, 0.15) is 19.4 Å². The Morgan fingerprint density at radius 2 is 1.78 bits per heavy atom. The Morgan fingerprint density at radius 3 is 2.17 bits per heavy atom. The van der Waals surface area contributed by atoms with Crippen molar-refractivity contribution in [3.63, 3.8) is 0 Å². The van der Waals surface area contributed by atoms with E-state index in [4.69, 9.17) is 17.3 Å². The standard InChI is InChI=1S/C13H18ClF3N2O2S.ClH/c1-12(2,7-18)8-19(3)22(20,21)11-5-4-9(6-10(11)14)13(15,16)17;/h4-6H,7-8,18H2,1-3H3;1H. The van der Waals surface area contributed by atoms with Crippen molar-refractivity contribution in [2.24, 2.45) is 11.1 Å². The van der Waals surface area contributed by atoms with Crippen LogP contribution in [0.3, 0.4) is 0 Å². The molecule has 134 valence electrons. The highest BCUT2D eigenvalue weighted by Gasteiger charge is 2.33. The minimum absolute atomic E-state index is 0. The van der Waals surface area contributed by atoms with Gasteiger partial charge in [0.25, 0.3) is 0 Å². The van der Waals surface area contributed by atoms with E-state index in [0.717, 1.165) is 10.4 Å². The highest BCUT2D eigenvalue weighted by molar-refractivity contribution is 7.89. The second-order valence-electron chi connectivity index (χ2n) is 5.77. The molecular weight excluding hydrogens is 376 g/mol.